The second-order valence-corrected chi connectivity index (χ2v) is 14.2. The number of carboxylic acids is 2. The van der Waals surface area contributed by atoms with Gasteiger partial charge in [-0.15, -0.1) is 13.2 Å². The molecule has 248 valence electrons. The van der Waals surface area contributed by atoms with Crippen molar-refractivity contribution in [3.63, 3.8) is 0 Å². The van der Waals surface area contributed by atoms with E-state index in [2.05, 4.69) is 13.2 Å². The van der Waals surface area contributed by atoms with Crippen LogP contribution in [0.5, 0.6) is 0 Å². The molecule has 6 atom stereocenters. The number of carbonyl (C=O) groups excluding carboxylic acids is 2. The fraction of sp³-hybridized carbons (Fsp3) is 0.778. The Labute approximate surface area is 264 Å². The van der Waals surface area contributed by atoms with Crippen molar-refractivity contribution in [2.45, 2.75) is 141 Å². The Balaban J connectivity index is 0.000000240. The molecule has 8 nitrogen and oxygen atoms in total. The predicted molar refractivity (Wildman–Crippen MR) is 169 cm³/mol. The third kappa shape index (κ3) is 10.8. The van der Waals surface area contributed by atoms with Crippen LogP contribution in [0.25, 0.3) is 0 Å². The van der Waals surface area contributed by atoms with Crippen LogP contribution in [-0.4, -0.2) is 45.3 Å². The van der Waals surface area contributed by atoms with E-state index in [4.69, 9.17) is 9.47 Å². The largest absolute Gasteiger partial charge is 0.481 e. The highest BCUT2D eigenvalue weighted by atomic mass is 16.6. The molecule has 0 aliphatic heterocycles. The average Bonchev–Trinajstić information content (AvgIpc) is 3.50. The molecule has 0 aromatic heterocycles. The van der Waals surface area contributed by atoms with Crippen molar-refractivity contribution in [3.05, 3.63) is 25.3 Å². The molecule has 0 aromatic carbocycles. The third-order valence-corrected chi connectivity index (χ3v) is 10.7. The normalized spacial score (nSPS) is 29.0. The molecule has 0 unspecified atom stereocenters. The summed E-state index contributed by atoms with van der Waals surface area (Å²) in [6, 6.07) is 0. The van der Waals surface area contributed by atoms with E-state index in [0.29, 0.717) is 11.8 Å². The molecular weight excluding hydrogens is 560 g/mol. The van der Waals surface area contributed by atoms with Gasteiger partial charge in [-0.05, 0) is 103 Å². The number of carboxylic acid groups (broad SMARTS) is 2. The second-order valence-electron chi connectivity index (χ2n) is 14.2. The van der Waals surface area contributed by atoms with Crippen molar-refractivity contribution in [2.75, 3.05) is 0 Å². The first-order valence-corrected chi connectivity index (χ1v) is 17.0. The summed E-state index contributed by atoms with van der Waals surface area (Å²) in [5.74, 6) is -2.41. The lowest BCUT2D eigenvalue weighted by Gasteiger charge is -2.20. The summed E-state index contributed by atoms with van der Waals surface area (Å²) < 4.78 is 11.2. The smallest absolute Gasteiger partial charge is 0.307 e. The van der Waals surface area contributed by atoms with Crippen LogP contribution in [0, 0.1) is 35.5 Å². The van der Waals surface area contributed by atoms with Crippen LogP contribution in [0.15, 0.2) is 25.3 Å². The molecule has 0 heterocycles. The van der Waals surface area contributed by atoms with Crippen LogP contribution in [0.3, 0.4) is 0 Å². The highest BCUT2D eigenvalue weighted by Crippen LogP contribution is 2.51. The minimum Gasteiger partial charge on any atom is -0.481 e. The van der Waals surface area contributed by atoms with Crippen LogP contribution in [-0.2, 0) is 28.7 Å². The van der Waals surface area contributed by atoms with Gasteiger partial charge in [-0.2, -0.15) is 0 Å². The number of carbonyl (C=O) groups is 4. The number of ether oxygens (including phenoxy) is 2. The number of esters is 2. The zero-order valence-corrected chi connectivity index (χ0v) is 27.1. The highest BCUT2D eigenvalue weighted by molar-refractivity contribution is 5.80. The maximum atomic E-state index is 12.1. The highest BCUT2D eigenvalue weighted by Gasteiger charge is 2.54. The molecule has 0 bridgehead atoms. The quantitative estimate of drug-likeness (QED) is 0.0904. The molecule has 2 N–H and O–H groups in total. The molecule has 0 spiro atoms. The Hall–Kier alpha value is -2.64. The summed E-state index contributed by atoms with van der Waals surface area (Å²) in [5, 5.41) is 18.7. The van der Waals surface area contributed by atoms with Crippen molar-refractivity contribution < 1.29 is 38.9 Å². The van der Waals surface area contributed by atoms with Crippen LogP contribution in [0.4, 0.5) is 0 Å². The first kappa shape index (κ1) is 35.8. The number of hydrogen-bond acceptors (Lipinski definition) is 6. The van der Waals surface area contributed by atoms with Crippen molar-refractivity contribution in [2.24, 2.45) is 35.5 Å². The van der Waals surface area contributed by atoms with Crippen LogP contribution in [0.1, 0.15) is 129 Å². The van der Waals surface area contributed by atoms with E-state index in [0.717, 1.165) is 103 Å². The maximum Gasteiger partial charge on any atom is 0.307 e. The van der Waals surface area contributed by atoms with Gasteiger partial charge in [-0.25, -0.2) is 0 Å². The lowest BCUT2D eigenvalue weighted by Crippen LogP contribution is -2.28. The fourth-order valence-electron chi connectivity index (χ4n) is 7.54. The van der Waals surface area contributed by atoms with E-state index in [-0.39, 0.29) is 47.8 Å². The lowest BCUT2D eigenvalue weighted by molar-refractivity contribution is -0.158. The standard InChI is InChI=1S/2C18H28O4/c2*1-3-4-5-10-14-12-18(14,2)22-16(19)11-15(17(20)21)13-8-6-7-9-13/h2*3,13-15H,1,4-12H2,2H3,(H,20,21)/t14-,15+,18-;14-,15-,18-/m10/s1. The van der Waals surface area contributed by atoms with Gasteiger partial charge in [0.15, 0.2) is 0 Å². The fourth-order valence-corrected chi connectivity index (χ4v) is 7.54. The molecular formula is C36H56O8. The molecule has 0 amide bonds. The van der Waals surface area contributed by atoms with Gasteiger partial charge in [0.2, 0.25) is 0 Å². The average molecular weight is 617 g/mol. The first-order chi connectivity index (χ1) is 20.9. The Kier molecular flexibility index (Phi) is 13.5. The summed E-state index contributed by atoms with van der Waals surface area (Å²) in [6.45, 7) is 11.4. The summed E-state index contributed by atoms with van der Waals surface area (Å²) in [7, 11) is 0. The van der Waals surface area contributed by atoms with Crippen LogP contribution < -0.4 is 0 Å². The van der Waals surface area contributed by atoms with E-state index in [1.54, 1.807) is 0 Å². The molecule has 4 aliphatic rings. The van der Waals surface area contributed by atoms with E-state index >= 15 is 0 Å². The van der Waals surface area contributed by atoms with Crippen molar-refractivity contribution in [3.8, 4) is 0 Å². The Bertz CT molecular complexity index is 930. The van der Waals surface area contributed by atoms with Gasteiger partial charge in [0.1, 0.15) is 11.2 Å². The summed E-state index contributed by atoms with van der Waals surface area (Å²) >= 11 is 0. The monoisotopic (exact) mass is 616 g/mol. The SMILES string of the molecule is C=CCCC[C@@H]1C[C@@]1(C)OC(=O)C[C@H](C(=O)O)C1CCCC1.C=CCCC[C@H]1C[C@]1(C)OC(=O)C[C@H](C(=O)O)C1CCCC1. The molecule has 8 heteroatoms. The summed E-state index contributed by atoms with van der Waals surface area (Å²) in [5.41, 5.74) is -0.728. The second kappa shape index (κ2) is 16.6. The molecule has 0 aromatic rings. The number of allylic oxidation sites excluding steroid dienone is 2. The van der Waals surface area contributed by atoms with Gasteiger partial charge in [-0.3, -0.25) is 19.2 Å². The van der Waals surface area contributed by atoms with E-state index in [9.17, 15) is 29.4 Å². The molecule has 0 radical (unpaired) electrons. The molecule has 4 saturated carbocycles. The molecule has 0 saturated heterocycles. The zero-order valence-electron chi connectivity index (χ0n) is 27.1. The van der Waals surface area contributed by atoms with Gasteiger partial charge in [-0.1, -0.05) is 37.8 Å². The third-order valence-electron chi connectivity index (χ3n) is 10.7. The first-order valence-electron chi connectivity index (χ1n) is 17.0. The molecule has 4 rings (SSSR count). The van der Waals surface area contributed by atoms with Gasteiger partial charge in [0.25, 0.3) is 0 Å². The van der Waals surface area contributed by atoms with E-state index < -0.39 is 23.8 Å². The van der Waals surface area contributed by atoms with Crippen molar-refractivity contribution in [1.82, 2.24) is 0 Å². The predicted octanol–water partition coefficient (Wildman–Crippen LogP) is 7.89. The van der Waals surface area contributed by atoms with E-state index in [1.807, 2.05) is 26.0 Å². The Morgan fingerprint density at radius 2 is 1.05 bits per heavy atom. The summed E-state index contributed by atoms with van der Waals surface area (Å²) in [4.78, 5) is 47.1. The van der Waals surface area contributed by atoms with Crippen LogP contribution in [0.2, 0.25) is 0 Å². The zero-order chi connectivity index (χ0) is 32.3. The minimum absolute atomic E-state index is 0.0228. The topological polar surface area (TPSA) is 127 Å². The molecule has 4 fully saturated rings. The summed E-state index contributed by atoms with van der Waals surface area (Å²) in [6.07, 6.45) is 19.9. The Morgan fingerprint density at radius 1 is 0.705 bits per heavy atom. The minimum atomic E-state index is -0.854. The maximum absolute atomic E-state index is 12.1. The van der Waals surface area contributed by atoms with Gasteiger partial charge in [0.05, 0.1) is 24.7 Å². The lowest BCUT2D eigenvalue weighted by atomic mass is 9.88. The van der Waals surface area contributed by atoms with Gasteiger partial charge >= 0.3 is 23.9 Å². The Morgan fingerprint density at radius 3 is 1.34 bits per heavy atom. The van der Waals surface area contributed by atoms with Crippen LogP contribution >= 0.6 is 0 Å². The number of hydrogen-bond donors (Lipinski definition) is 2. The van der Waals surface area contributed by atoms with E-state index in [1.165, 1.54) is 0 Å². The van der Waals surface area contributed by atoms with Crippen molar-refractivity contribution in [1.29, 1.82) is 0 Å². The van der Waals surface area contributed by atoms with Gasteiger partial charge < -0.3 is 19.7 Å². The van der Waals surface area contributed by atoms with Gasteiger partial charge in [0, 0.05) is 11.8 Å². The number of unbranched alkanes of at least 4 members (excludes halogenated alkanes) is 2. The number of rotatable bonds is 18. The molecule has 4 aliphatic carbocycles. The molecule has 44 heavy (non-hydrogen) atoms. The number of aliphatic carboxylic acids is 2. The van der Waals surface area contributed by atoms with Crippen molar-refractivity contribution >= 4 is 23.9 Å².